The molecule has 0 saturated heterocycles. The maximum atomic E-state index is 8.88. The second-order valence-corrected chi connectivity index (χ2v) is 4.06. The van der Waals surface area contributed by atoms with E-state index in [0.717, 1.165) is 0 Å². The summed E-state index contributed by atoms with van der Waals surface area (Å²) in [6.07, 6.45) is -0.143. The monoisotopic (exact) mass is 196 g/mol. The Hall–Kier alpha value is 0.270. The van der Waals surface area contributed by atoms with Crippen molar-refractivity contribution in [2.75, 3.05) is 0 Å². The van der Waals surface area contributed by atoms with Gasteiger partial charge in [0.15, 0.2) is 0 Å². The van der Waals surface area contributed by atoms with Gasteiger partial charge < -0.3 is 19.3 Å². The predicted molar refractivity (Wildman–Crippen MR) is 47.6 cm³/mol. The van der Waals surface area contributed by atoms with E-state index in [2.05, 4.69) is 0 Å². The van der Waals surface area contributed by atoms with Crippen molar-refractivity contribution in [2.45, 2.75) is 45.9 Å². The van der Waals surface area contributed by atoms with Gasteiger partial charge in [0.1, 0.15) is 0 Å². The van der Waals surface area contributed by atoms with E-state index in [0.29, 0.717) is 0 Å². The summed E-state index contributed by atoms with van der Waals surface area (Å²) in [6, 6.07) is -0.889. The van der Waals surface area contributed by atoms with Gasteiger partial charge in [-0.05, 0) is 27.7 Å². The van der Waals surface area contributed by atoms with Crippen LogP contribution in [0.4, 0.5) is 0 Å². The van der Waals surface area contributed by atoms with Crippen LogP contribution < -0.4 is 0 Å². The first-order chi connectivity index (χ1) is 5.43. The van der Waals surface area contributed by atoms with E-state index in [1.54, 1.807) is 0 Å². The Morgan fingerprint density at radius 2 is 1.25 bits per heavy atom. The zero-order valence-corrected chi connectivity index (χ0v) is 8.78. The largest absolute Gasteiger partial charge is 0.346 e. The lowest BCUT2D eigenvalue weighted by molar-refractivity contribution is -0.137. The van der Waals surface area contributed by atoms with Gasteiger partial charge in [-0.2, -0.15) is 0 Å². The number of hydrogen-bond donors (Lipinski definition) is 2. The fourth-order valence-corrected chi connectivity index (χ4v) is 1.31. The maximum Gasteiger partial charge on any atom is 0.229 e. The van der Waals surface area contributed by atoms with Crippen LogP contribution in [0.3, 0.4) is 0 Å². The molecule has 0 saturated carbocycles. The normalized spacial score (nSPS) is 12.5. The molecular weight excluding hydrogens is 179 g/mol. The fourth-order valence-electron chi connectivity index (χ4n) is 0.607. The molecule has 0 unspecified atom stereocenters. The van der Waals surface area contributed by atoms with Crippen LogP contribution >= 0.6 is 8.38 Å². The van der Waals surface area contributed by atoms with Crippen LogP contribution in [-0.2, 0) is 9.47 Å². The Balaban J connectivity index is 3.87. The van der Waals surface area contributed by atoms with E-state index in [9.17, 15) is 0 Å². The lowest BCUT2D eigenvalue weighted by Crippen LogP contribution is -2.22. The van der Waals surface area contributed by atoms with Gasteiger partial charge in [-0.3, -0.25) is 0 Å². The zero-order valence-electron chi connectivity index (χ0n) is 7.89. The highest BCUT2D eigenvalue weighted by atomic mass is 31.2. The minimum Gasteiger partial charge on any atom is -0.346 e. The Morgan fingerprint density at radius 1 is 0.917 bits per heavy atom. The molecule has 0 aliphatic carbocycles. The van der Waals surface area contributed by atoms with Crippen molar-refractivity contribution in [2.24, 2.45) is 0 Å². The predicted octanol–water partition coefficient (Wildman–Crippen LogP) is 1.42. The molecule has 4 nitrogen and oxygen atoms in total. The summed E-state index contributed by atoms with van der Waals surface area (Å²) in [6.45, 7) is 7.26. The number of hydrogen-bond acceptors (Lipinski definition) is 4. The Bertz CT molecular complexity index is 106. The van der Waals surface area contributed by atoms with E-state index < -0.39 is 14.4 Å². The lowest BCUT2D eigenvalue weighted by Gasteiger charge is -2.23. The van der Waals surface area contributed by atoms with Gasteiger partial charge >= 0.3 is 0 Å². The first kappa shape index (κ1) is 12.3. The topological polar surface area (TPSA) is 58.9 Å². The van der Waals surface area contributed by atoms with Gasteiger partial charge in [-0.1, -0.05) is 0 Å². The van der Waals surface area contributed by atoms with Crippen molar-refractivity contribution in [3.05, 3.63) is 0 Å². The van der Waals surface area contributed by atoms with Gasteiger partial charge in [0.25, 0.3) is 0 Å². The molecule has 0 fully saturated rings. The van der Waals surface area contributed by atoms with Crippen molar-refractivity contribution >= 4 is 8.38 Å². The Kier molecular flexibility index (Phi) is 5.97. The molecule has 0 aliphatic rings. The first-order valence-corrected chi connectivity index (χ1v) is 5.23. The minimum atomic E-state index is -2.17. The highest BCUT2D eigenvalue weighted by Gasteiger charge is 2.21. The molecule has 2 N–H and O–H groups in total. The molecule has 0 aromatic carbocycles. The molecule has 0 aliphatic heterocycles. The van der Waals surface area contributed by atoms with Crippen LogP contribution in [0.1, 0.15) is 27.7 Å². The summed E-state index contributed by atoms with van der Waals surface area (Å²) < 4.78 is 10.3. The summed E-state index contributed by atoms with van der Waals surface area (Å²) in [7, 11) is -2.17. The molecule has 0 amide bonds. The van der Waals surface area contributed by atoms with Gasteiger partial charge in [0, 0.05) is 0 Å². The van der Waals surface area contributed by atoms with Crippen LogP contribution in [0.25, 0.3) is 0 Å². The van der Waals surface area contributed by atoms with E-state index in [1.807, 2.05) is 27.7 Å². The van der Waals surface area contributed by atoms with Gasteiger partial charge in [0.2, 0.25) is 14.4 Å². The van der Waals surface area contributed by atoms with E-state index in [4.69, 9.17) is 19.3 Å². The lowest BCUT2D eigenvalue weighted by atomic mass is 10.5. The average molecular weight is 196 g/mol. The molecule has 12 heavy (non-hydrogen) atoms. The number of rotatable bonds is 5. The van der Waals surface area contributed by atoms with Crippen molar-refractivity contribution < 1.29 is 19.3 Å². The second-order valence-electron chi connectivity index (χ2n) is 3.00. The molecule has 0 heterocycles. The molecule has 0 bridgehead atoms. The summed E-state index contributed by atoms with van der Waals surface area (Å²) in [5.41, 5.74) is 0. The fraction of sp³-hybridized carbons (Fsp3) is 1.00. The molecule has 0 radical (unpaired) electrons. The molecule has 0 aromatic heterocycles. The standard InChI is InChI=1S/C7H17O4P/c1-5(2)10-7(12(8)9)11-6(3)4/h5-9H,1-4H3. The number of ether oxygens (including phenoxy) is 2. The summed E-state index contributed by atoms with van der Waals surface area (Å²) in [5.74, 6) is 0. The maximum absolute atomic E-state index is 8.88. The van der Waals surface area contributed by atoms with Crippen molar-refractivity contribution in [3.8, 4) is 0 Å². The minimum absolute atomic E-state index is 0.0713. The van der Waals surface area contributed by atoms with Gasteiger partial charge in [0.05, 0.1) is 12.2 Å². The third kappa shape index (κ3) is 5.86. The van der Waals surface area contributed by atoms with E-state index >= 15 is 0 Å². The van der Waals surface area contributed by atoms with Crippen LogP contribution in [-0.4, -0.2) is 28.0 Å². The van der Waals surface area contributed by atoms with Crippen molar-refractivity contribution in [1.82, 2.24) is 0 Å². The SMILES string of the molecule is CC(C)OC(OC(C)C)P(O)O. The smallest absolute Gasteiger partial charge is 0.229 e. The summed E-state index contributed by atoms with van der Waals surface area (Å²) in [4.78, 5) is 17.8. The third-order valence-electron chi connectivity index (χ3n) is 0.966. The van der Waals surface area contributed by atoms with Crippen LogP contribution in [0, 0.1) is 0 Å². The second kappa shape index (κ2) is 5.84. The zero-order chi connectivity index (χ0) is 9.72. The van der Waals surface area contributed by atoms with Crippen molar-refractivity contribution in [1.29, 1.82) is 0 Å². The highest BCUT2D eigenvalue weighted by Crippen LogP contribution is 2.34. The van der Waals surface area contributed by atoms with Crippen LogP contribution in [0.2, 0.25) is 0 Å². The highest BCUT2D eigenvalue weighted by molar-refractivity contribution is 7.45. The van der Waals surface area contributed by atoms with Crippen LogP contribution in [0.15, 0.2) is 0 Å². The molecule has 5 heteroatoms. The first-order valence-electron chi connectivity index (χ1n) is 3.91. The quantitative estimate of drug-likeness (QED) is 0.515. The Labute approximate surface area is 74.4 Å². The van der Waals surface area contributed by atoms with Crippen molar-refractivity contribution in [3.63, 3.8) is 0 Å². The molecule has 74 valence electrons. The third-order valence-corrected chi connectivity index (χ3v) is 1.59. The molecular formula is C7H17O4P. The van der Waals surface area contributed by atoms with E-state index in [-0.39, 0.29) is 12.2 Å². The molecule has 0 rings (SSSR count). The molecule has 0 spiro atoms. The van der Waals surface area contributed by atoms with Crippen LogP contribution in [0.5, 0.6) is 0 Å². The Morgan fingerprint density at radius 3 is 1.42 bits per heavy atom. The molecule has 0 atom stereocenters. The molecule has 0 aromatic rings. The summed E-state index contributed by atoms with van der Waals surface area (Å²) in [5, 5.41) is 0. The average Bonchev–Trinajstić information content (AvgIpc) is 1.83. The van der Waals surface area contributed by atoms with E-state index in [1.165, 1.54) is 0 Å². The van der Waals surface area contributed by atoms with Gasteiger partial charge in [-0.25, -0.2) is 0 Å². The summed E-state index contributed by atoms with van der Waals surface area (Å²) >= 11 is 0. The van der Waals surface area contributed by atoms with Gasteiger partial charge in [-0.15, -0.1) is 0 Å².